The number of fused-ring (bicyclic) bond motifs is 1. The summed E-state index contributed by atoms with van der Waals surface area (Å²) in [6.45, 7) is 0. The zero-order chi connectivity index (χ0) is 10.7. The molecule has 1 unspecified atom stereocenters. The summed E-state index contributed by atoms with van der Waals surface area (Å²) in [5.41, 5.74) is 1.20. The highest BCUT2D eigenvalue weighted by molar-refractivity contribution is 5.49. The van der Waals surface area contributed by atoms with Crippen LogP contribution in [-0.2, 0) is 11.2 Å². The van der Waals surface area contributed by atoms with Gasteiger partial charge in [-0.3, -0.25) is 0 Å². The summed E-state index contributed by atoms with van der Waals surface area (Å²) in [6, 6.07) is 5.86. The molecule has 1 aromatic rings. The van der Waals surface area contributed by atoms with Gasteiger partial charge in [-0.1, -0.05) is 6.07 Å². The molecule has 0 saturated carbocycles. The zero-order valence-corrected chi connectivity index (χ0v) is 8.73. The fourth-order valence-electron chi connectivity index (χ4n) is 1.82. The van der Waals surface area contributed by atoms with Crippen molar-refractivity contribution >= 4 is 6.29 Å². The number of benzene rings is 1. The second kappa shape index (κ2) is 4.34. The quantitative estimate of drug-likeness (QED) is 0.706. The minimum Gasteiger partial charge on any atom is -0.497 e. The van der Waals surface area contributed by atoms with Crippen molar-refractivity contribution in [2.24, 2.45) is 0 Å². The molecule has 0 aliphatic carbocycles. The summed E-state index contributed by atoms with van der Waals surface area (Å²) in [6.07, 6.45) is 3.34. The maximum absolute atomic E-state index is 10.3. The van der Waals surface area contributed by atoms with Gasteiger partial charge in [-0.15, -0.1) is 0 Å². The molecule has 1 aromatic carbocycles. The van der Waals surface area contributed by atoms with Crippen LogP contribution >= 0.6 is 0 Å². The summed E-state index contributed by atoms with van der Waals surface area (Å²) >= 11 is 0. The number of carbonyl (C=O) groups is 1. The van der Waals surface area contributed by atoms with Gasteiger partial charge in [-0.25, -0.2) is 0 Å². The summed E-state index contributed by atoms with van der Waals surface area (Å²) in [5, 5.41) is 0. The van der Waals surface area contributed by atoms with Crippen molar-refractivity contribution < 1.29 is 14.3 Å². The largest absolute Gasteiger partial charge is 0.497 e. The normalized spacial score (nSPS) is 18.1. The number of methoxy groups -OCH3 is 1. The number of aldehydes is 1. The first-order valence-corrected chi connectivity index (χ1v) is 5.10. The van der Waals surface area contributed by atoms with Crippen LogP contribution in [0.3, 0.4) is 0 Å². The van der Waals surface area contributed by atoms with Crippen LogP contribution in [0, 0.1) is 0 Å². The summed E-state index contributed by atoms with van der Waals surface area (Å²) in [4.78, 5) is 10.3. The monoisotopic (exact) mass is 206 g/mol. The number of ether oxygens (including phenoxy) is 2. The first-order valence-electron chi connectivity index (χ1n) is 5.10. The first kappa shape index (κ1) is 10.0. The van der Waals surface area contributed by atoms with E-state index in [-0.39, 0.29) is 6.10 Å². The lowest BCUT2D eigenvalue weighted by atomic mass is 10.1. The fraction of sp³-hybridized carbons (Fsp3) is 0.417. The second-order valence-corrected chi connectivity index (χ2v) is 3.66. The van der Waals surface area contributed by atoms with E-state index in [1.807, 2.05) is 18.2 Å². The summed E-state index contributed by atoms with van der Waals surface area (Å²) in [7, 11) is 1.64. The predicted octanol–water partition coefficient (Wildman–Crippen LogP) is 1.98. The van der Waals surface area contributed by atoms with E-state index in [4.69, 9.17) is 9.47 Å². The molecule has 1 aliphatic heterocycles. The average Bonchev–Trinajstić information content (AvgIpc) is 2.67. The van der Waals surface area contributed by atoms with E-state index in [1.165, 1.54) is 5.56 Å². The van der Waals surface area contributed by atoms with E-state index in [0.29, 0.717) is 6.42 Å². The van der Waals surface area contributed by atoms with Gasteiger partial charge >= 0.3 is 0 Å². The minimum absolute atomic E-state index is 0.150. The molecular weight excluding hydrogens is 192 g/mol. The van der Waals surface area contributed by atoms with Crippen LogP contribution in [0.15, 0.2) is 18.2 Å². The van der Waals surface area contributed by atoms with E-state index >= 15 is 0 Å². The predicted molar refractivity (Wildman–Crippen MR) is 56.4 cm³/mol. The van der Waals surface area contributed by atoms with Gasteiger partial charge in [0.25, 0.3) is 0 Å². The van der Waals surface area contributed by atoms with Crippen LogP contribution in [0.5, 0.6) is 11.5 Å². The summed E-state index contributed by atoms with van der Waals surface area (Å²) < 4.78 is 10.8. The molecule has 80 valence electrons. The lowest BCUT2D eigenvalue weighted by molar-refractivity contribution is -0.108. The van der Waals surface area contributed by atoms with Crippen LogP contribution in [0.2, 0.25) is 0 Å². The Bertz CT molecular complexity index is 360. The molecule has 0 bridgehead atoms. The van der Waals surface area contributed by atoms with Crippen LogP contribution < -0.4 is 9.47 Å². The fourth-order valence-corrected chi connectivity index (χ4v) is 1.82. The van der Waals surface area contributed by atoms with Crippen molar-refractivity contribution in [2.75, 3.05) is 7.11 Å². The molecule has 1 aliphatic rings. The van der Waals surface area contributed by atoms with Crippen molar-refractivity contribution in [3.05, 3.63) is 23.8 Å². The molecule has 0 fully saturated rings. The van der Waals surface area contributed by atoms with Crippen molar-refractivity contribution in [3.63, 3.8) is 0 Å². The van der Waals surface area contributed by atoms with E-state index in [0.717, 1.165) is 30.6 Å². The molecule has 0 spiro atoms. The molecule has 15 heavy (non-hydrogen) atoms. The van der Waals surface area contributed by atoms with Crippen molar-refractivity contribution in [1.82, 2.24) is 0 Å². The Labute approximate surface area is 89.0 Å². The molecule has 0 N–H and O–H groups in total. The molecule has 3 nitrogen and oxygen atoms in total. The van der Waals surface area contributed by atoms with Crippen LogP contribution in [0.25, 0.3) is 0 Å². The van der Waals surface area contributed by atoms with Gasteiger partial charge < -0.3 is 14.3 Å². The number of carbonyl (C=O) groups excluding carboxylic acids is 1. The van der Waals surface area contributed by atoms with Gasteiger partial charge in [0.05, 0.1) is 7.11 Å². The molecule has 3 heteroatoms. The molecule has 0 aromatic heterocycles. The molecule has 0 saturated heterocycles. The maximum atomic E-state index is 10.3. The highest BCUT2D eigenvalue weighted by atomic mass is 16.5. The Hall–Kier alpha value is -1.51. The van der Waals surface area contributed by atoms with E-state index < -0.39 is 0 Å². The first-order chi connectivity index (χ1) is 7.33. The van der Waals surface area contributed by atoms with Crippen LogP contribution in [-0.4, -0.2) is 19.5 Å². The highest BCUT2D eigenvalue weighted by Gasteiger charge is 2.22. The van der Waals surface area contributed by atoms with Crippen LogP contribution in [0.1, 0.15) is 18.4 Å². The van der Waals surface area contributed by atoms with Gasteiger partial charge in [0.2, 0.25) is 0 Å². The zero-order valence-electron chi connectivity index (χ0n) is 8.73. The number of hydrogen-bond donors (Lipinski definition) is 0. The van der Waals surface area contributed by atoms with E-state index in [1.54, 1.807) is 7.11 Å². The van der Waals surface area contributed by atoms with Gasteiger partial charge in [0, 0.05) is 18.9 Å². The molecule has 1 heterocycles. The van der Waals surface area contributed by atoms with Crippen molar-refractivity contribution in [2.45, 2.75) is 25.4 Å². The smallest absolute Gasteiger partial charge is 0.126 e. The summed E-state index contributed by atoms with van der Waals surface area (Å²) in [5.74, 6) is 1.70. The van der Waals surface area contributed by atoms with E-state index in [2.05, 4.69) is 0 Å². The maximum Gasteiger partial charge on any atom is 0.126 e. The van der Waals surface area contributed by atoms with Gasteiger partial charge in [-0.05, 0) is 18.1 Å². The molecular formula is C12H14O3. The van der Waals surface area contributed by atoms with Crippen LogP contribution in [0.4, 0.5) is 0 Å². The van der Waals surface area contributed by atoms with Gasteiger partial charge in [0.15, 0.2) is 0 Å². The van der Waals surface area contributed by atoms with Crippen molar-refractivity contribution in [1.29, 1.82) is 0 Å². The SMILES string of the molecule is COc1ccc2c(c1)OC(CCC=O)C2. The Kier molecular flexibility index (Phi) is 2.90. The average molecular weight is 206 g/mol. The lowest BCUT2D eigenvalue weighted by Crippen LogP contribution is -2.12. The third kappa shape index (κ3) is 2.12. The number of rotatable bonds is 4. The Morgan fingerprint density at radius 2 is 2.47 bits per heavy atom. The second-order valence-electron chi connectivity index (χ2n) is 3.66. The molecule has 0 radical (unpaired) electrons. The molecule has 0 amide bonds. The Morgan fingerprint density at radius 1 is 1.60 bits per heavy atom. The van der Waals surface area contributed by atoms with E-state index in [9.17, 15) is 4.79 Å². The highest BCUT2D eigenvalue weighted by Crippen LogP contribution is 2.33. The topological polar surface area (TPSA) is 35.5 Å². The Balaban J connectivity index is 2.06. The standard InChI is InChI=1S/C12H14O3/c1-14-10-5-4-9-7-11(3-2-6-13)15-12(9)8-10/h4-6,8,11H,2-3,7H2,1H3. The third-order valence-electron chi connectivity index (χ3n) is 2.62. The minimum atomic E-state index is 0.150. The van der Waals surface area contributed by atoms with Gasteiger partial charge in [-0.2, -0.15) is 0 Å². The Morgan fingerprint density at radius 3 is 3.20 bits per heavy atom. The van der Waals surface area contributed by atoms with Gasteiger partial charge in [0.1, 0.15) is 23.9 Å². The third-order valence-corrected chi connectivity index (χ3v) is 2.62. The number of hydrogen-bond acceptors (Lipinski definition) is 3. The lowest BCUT2D eigenvalue weighted by Gasteiger charge is -2.08. The molecule has 2 rings (SSSR count). The van der Waals surface area contributed by atoms with Crippen molar-refractivity contribution in [3.8, 4) is 11.5 Å². The molecule has 1 atom stereocenters.